The van der Waals surface area contributed by atoms with Gasteiger partial charge in [0, 0.05) is 13.1 Å². The van der Waals surface area contributed by atoms with Gasteiger partial charge in [-0.2, -0.15) is 0 Å². The summed E-state index contributed by atoms with van der Waals surface area (Å²) in [5.74, 6) is 0.216. The number of aromatic nitrogens is 1. The van der Waals surface area contributed by atoms with Gasteiger partial charge in [0.15, 0.2) is 5.13 Å². The molecule has 162 valence electrons. The normalized spacial score (nSPS) is 10.9. The summed E-state index contributed by atoms with van der Waals surface area (Å²) in [5.41, 5.74) is 5.83. The molecule has 0 spiro atoms. The fraction of sp³-hybridized carbons (Fsp3) is 0.818. The second kappa shape index (κ2) is 16.6. The number of nitrogens with zero attached hydrogens (tertiary/aromatic N) is 1. The van der Waals surface area contributed by atoms with Crippen molar-refractivity contribution >= 4 is 28.2 Å². The third kappa shape index (κ3) is 11.5. The topological polar surface area (TPSA) is 80.0 Å². The molecule has 28 heavy (non-hydrogen) atoms. The van der Waals surface area contributed by atoms with E-state index < -0.39 is 0 Å². The molecule has 1 aromatic rings. The van der Waals surface area contributed by atoms with Crippen LogP contribution in [0.25, 0.3) is 0 Å². The van der Waals surface area contributed by atoms with E-state index in [4.69, 9.17) is 5.73 Å². The molecule has 0 aliphatic rings. The van der Waals surface area contributed by atoms with E-state index in [2.05, 4.69) is 22.5 Å². The molecule has 0 saturated heterocycles. The molecule has 0 bridgehead atoms. The summed E-state index contributed by atoms with van der Waals surface area (Å²) in [7, 11) is 0. The number of thiazole rings is 1. The first-order chi connectivity index (χ1) is 13.7. The molecule has 0 aromatic carbocycles. The minimum Gasteiger partial charge on any atom is -0.382 e. The molecule has 0 fully saturated rings. The number of amides is 1. The predicted molar refractivity (Wildman–Crippen MR) is 123 cm³/mol. The van der Waals surface area contributed by atoms with Crippen LogP contribution in [0.3, 0.4) is 0 Å². The maximum atomic E-state index is 12.2. The van der Waals surface area contributed by atoms with Gasteiger partial charge >= 0.3 is 0 Å². The van der Waals surface area contributed by atoms with Crippen LogP contribution >= 0.6 is 11.3 Å². The van der Waals surface area contributed by atoms with Crippen LogP contribution in [-0.4, -0.2) is 24.0 Å². The highest BCUT2D eigenvalue weighted by Gasteiger charge is 2.15. The molecule has 0 saturated carbocycles. The Kier molecular flexibility index (Phi) is 14.7. The van der Waals surface area contributed by atoms with Crippen LogP contribution in [0.1, 0.15) is 113 Å². The Morgan fingerprint density at radius 3 is 1.86 bits per heavy atom. The van der Waals surface area contributed by atoms with Crippen molar-refractivity contribution in [3.8, 4) is 0 Å². The number of unbranched alkanes of at least 4 members (excludes halogenated alkanes) is 13. The largest absolute Gasteiger partial charge is 0.382 e. The van der Waals surface area contributed by atoms with Gasteiger partial charge in [0.25, 0.3) is 5.91 Å². The molecule has 0 aliphatic heterocycles. The number of nitrogen functional groups attached to an aromatic ring is 1. The van der Waals surface area contributed by atoms with Crippen molar-refractivity contribution in [2.45, 2.75) is 104 Å². The lowest BCUT2D eigenvalue weighted by Gasteiger charge is -2.05. The summed E-state index contributed by atoms with van der Waals surface area (Å²) in [6.07, 6.45) is 18.8. The standard InChI is InChI=1S/C22H42N4OS/c1-3-5-6-7-8-9-10-11-12-13-14-15-16-17-18-25-21(27)19-20(23)26-22(28-19)24-4-2/h3-18,23H2,1-2H3,(H,24,26)(H,25,27). The van der Waals surface area contributed by atoms with Crippen molar-refractivity contribution < 1.29 is 4.79 Å². The Balaban J connectivity index is 1.90. The maximum absolute atomic E-state index is 12.2. The van der Waals surface area contributed by atoms with Gasteiger partial charge in [0.1, 0.15) is 10.7 Å². The van der Waals surface area contributed by atoms with Crippen molar-refractivity contribution in [3.05, 3.63) is 4.88 Å². The zero-order chi connectivity index (χ0) is 20.5. The minimum atomic E-state index is -0.103. The minimum absolute atomic E-state index is 0.103. The average Bonchev–Trinajstić information content (AvgIpc) is 3.05. The van der Waals surface area contributed by atoms with Crippen molar-refractivity contribution in [2.24, 2.45) is 0 Å². The molecule has 1 aromatic heterocycles. The van der Waals surface area contributed by atoms with Gasteiger partial charge in [-0.1, -0.05) is 102 Å². The number of nitrogens with one attached hydrogen (secondary N) is 2. The quantitative estimate of drug-likeness (QED) is 0.246. The molecule has 0 unspecified atom stereocenters. The fourth-order valence-electron chi connectivity index (χ4n) is 3.32. The molecule has 0 atom stereocenters. The molecular formula is C22H42N4OS. The van der Waals surface area contributed by atoms with Crippen LogP contribution in [0.15, 0.2) is 0 Å². The molecular weight excluding hydrogens is 368 g/mol. The summed E-state index contributed by atoms with van der Waals surface area (Å²) < 4.78 is 0. The van der Waals surface area contributed by atoms with E-state index in [1.165, 1.54) is 94.8 Å². The first-order valence-corrected chi connectivity index (χ1v) is 12.3. The lowest BCUT2D eigenvalue weighted by atomic mass is 10.0. The Morgan fingerprint density at radius 1 is 0.857 bits per heavy atom. The van der Waals surface area contributed by atoms with Gasteiger partial charge in [0.05, 0.1) is 0 Å². The number of carbonyl (C=O) groups is 1. The van der Waals surface area contributed by atoms with E-state index >= 15 is 0 Å². The van der Waals surface area contributed by atoms with Gasteiger partial charge in [0.2, 0.25) is 0 Å². The lowest BCUT2D eigenvalue weighted by Crippen LogP contribution is -2.24. The van der Waals surface area contributed by atoms with E-state index in [9.17, 15) is 4.79 Å². The van der Waals surface area contributed by atoms with Crippen LogP contribution in [0.2, 0.25) is 0 Å². The Hall–Kier alpha value is -1.30. The highest BCUT2D eigenvalue weighted by molar-refractivity contribution is 7.18. The Morgan fingerprint density at radius 2 is 1.36 bits per heavy atom. The highest BCUT2D eigenvalue weighted by Crippen LogP contribution is 2.24. The predicted octanol–water partition coefficient (Wildman–Crippen LogP) is 6.37. The van der Waals surface area contributed by atoms with Crippen molar-refractivity contribution in [2.75, 3.05) is 24.1 Å². The first kappa shape index (κ1) is 24.7. The number of carbonyl (C=O) groups excluding carboxylic acids is 1. The molecule has 0 radical (unpaired) electrons. The van der Waals surface area contributed by atoms with E-state index in [1.807, 2.05) is 6.92 Å². The molecule has 1 heterocycles. The van der Waals surface area contributed by atoms with Crippen LogP contribution in [-0.2, 0) is 0 Å². The third-order valence-corrected chi connectivity index (χ3v) is 6.03. The number of hydrogen-bond donors (Lipinski definition) is 3. The number of anilines is 2. The summed E-state index contributed by atoms with van der Waals surface area (Å²) in [6, 6.07) is 0. The zero-order valence-corrected chi connectivity index (χ0v) is 19.0. The summed E-state index contributed by atoms with van der Waals surface area (Å²) >= 11 is 1.32. The van der Waals surface area contributed by atoms with Crippen LogP contribution in [0.5, 0.6) is 0 Å². The molecule has 1 amide bonds. The van der Waals surface area contributed by atoms with Crippen molar-refractivity contribution in [1.82, 2.24) is 10.3 Å². The third-order valence-electron chi connectivity index (χ3n) is 5.00. The molecule has 5 nitrogen and oxygen atoms in total. The van der Waals surface area contributed by atoms with Gasteiger partial charge in [-0.25, -0.2) is 4.98 Å². The molecule has 1 rings (SSSR count). The van der Waals surface area contributed by atoms with Gasteiger partial charge in [-0.3, -0.25) is 4.79 Å². The number of hydrogen-bond acceptors (Lipinski definition) is 5. The number of nitrogens with two attached hydrogens (primary N) is 1. The molecule has 6 heteroatoms. The molecule has 0 aliphatic carbocycles. The Labute approximate surface area is 176 Å². The smallest absolute Gasteiger partial charge is 0.265 e. The highest BCUT2D eigenvalue weighted by atomic mass is 32.1. The van der Waals surface area contributed by atoms with E-state index in [1.54, 1.807) is 0 Å². The van der Waals surface area contributed by atoms with Crippen molar-refractivity contribution in [3.63, 3.8) is 0 Å². The summed E-state index contributed by atoms with van der Waals surface area (Å²) in [5, 5.41) is 6.77. The molecule has 4 N–H and O–H groups in total. The summed E-state index contributed by atoms with van der Waals surface area (Å²) in [6.45, 7) is 5.75. The van der Waals surface area contributed by atoms with Crippen LogP contribution in [0, 0.1) is 0 Å². The van der Waals surface area contributed by atoms with Gasteiger partial charge < -0.3 is 16.4 Å². The van der Waals surface area contributed by atoms with E-state index in [-0.39, 0.29) is 5.91 Å². The van der Waals surface area contributed by atoms with Gasteiger partial charge in [-0.05, 0) is 13.3 Å². The zero-order valence-electron chi connectivity index (χ0n) is 18.2. The second-order valence-electron chi connectivity index (χ2n) is 7.62. The summed E-state index contributed by atoms with van der Waals surface area (Å²) in [4.78, 5) is 16.9. The lowest BCUT2D eigenvalue weighted by molar-refractivity contribution is 0.0957. The van der Waals surface area contributed by atoms with Gasteiger partial charge in [-0.15, -0.1) is 0 Å². The second-order valence-corrected chi connectivity index (χ2v) is 8.61. The first-order valence-electron chi connectivity index (χ1n) is 11.5. The van der Waals surface area contributed by atoms with Crippen LogP contribution in [0.4, 0.5) is 10.9 Å². The van der Waals surface area contributed by atoms with Crippen molar-refractivity contribution in [1.29, 1.82) is 0 Å². The Bertz CT molecular complexity index is 519. The maximum Gasteiger partial charge on any atom is 0.265 e. The van der Waals surface area contributed by atoms with Crippen LogP contribution < -0.4 is 16.4 Å². The fourth-order valence-corrected chi connectivity index (χ4v) is 4.19. The average molecular weight is 411 g/mol. The number of rotatable bonds is 18. The SMILES string of the molecule is CCCCCCCCCCCCCCCCNC(=O)c1sc(NCC)nc1N. The monoisotopic (exact) mass is 410 g/mol. The van der Waals surface area contributed by atoms with E-state index in [0.717, 1.165) is 13.0 Å². The van der Waals surface area contributed by atoms with E-state index in [0.29, 0.717) is 22.4 Å².